The minimum Gasteiger partial charge on any atom is -0.378 e. The molecule has 7 heteroatoms. The maximum Gasteiger partial charge on any atom is 0.315 e. The molecular weight excluding hydrogens is 214 g/mol. The van der Waals surface area contributed by atoms with Gasteiger partial charge in [-0.3, -0.25) is 4.79 Å². The second kappa shape index (κ2) is 4.11. The normalized spacial score (nSPS) is 18.1. The highest BCUT2D eigenvalue weighted by Crippen LogP contribution is 2.15. The van der Waals surface area contributed by atoms with Crippen LogP contribution in [-0.2, 0) is 0 Å². The molecule has 0 aliphatic carbocycles. The first-order valence-corrected chi connectivity index (χ1v) is 5.51. The maximum atomic E-state index is 11.2. The predicted molar refractivity (Wildman–Crippen MR) is 60.3 cm³/mol. The summed E-state index contributed by atoms with van der Waals surface area (Å²) >= 11 is 1.18. The van der Waals surface area contributed by atoms with E-state index in [1.54, 1.807) is 0 Å². The Labute approximate surface area is 91.5 Å². The quantitative estimate of drug-likeness (QED) is 0.679. The van der Waals surface area contributed by atoms with Crippen LogP contribution < -0.4 is 16.2 Å². The SMILES string of the molecule is CN1CCN(c2nc(=O)c(N)ns2)CC1. The zero-order valence-corrected chi connectivity index (χ0v) is 9.33. The highest BCUT2D eigenvalue weighted by Gasteiger charge is 2.16. The molecule has 0 saturated carbocycles. The van der Waals surface area contributed by atoms with E-state index < -0.39 is 5.56 Å². The summed E-state index contributed by atoms with van der Waals surface area (Å²) in [6, 6.07) is 0. The fourth-order valence-electron chi connectivity index (χ4n) is 1.42. The second-order valence-corrected chi connectivity index (χ2v) is 4.29. The predicted octanol–water partition coefficient (Wildman–Crippen LogP) is -0.768. The average Bonchev–Trinajstić information content (AvgIpc) is 2.23. The molecule has 0 spiro atoms. The van der Waals surface area contributed by atoms with E-state index in [-0.39, 0.29) is 5.82 Å². The highest BCUT2D eigenvalue weighted by molar-refractivity contribution is 7.09. The molecule has 0 radical (unpaired) electrons. The standard InChI is InChI=1S/C8H13N5OS/c1-12-2-4-13(5-3-12)8-10-7(14)6(9)11-15-8/h2-5H2,1H3,(H2,9,11). The van der Waals surface area contributed by atoms with Crippen molar-refractivity contribution in [2.45, 2.75) is 0 Å². The van der Waals surface area contributed by atoms with Gasteiger partial charge in [0.25, 0.3) is 0 Å². The van der Waals surface area contributed by atoms with Crippen molar-refractivity contribution in [3.05, 3.63) is 10.4 Å². The Hall–Kier alpha value is -1.21. The number of aromatic nitrogens is 2. The number of piperazine rings is 1. The number of nitrogens with zero attached hydrogens (tertiary/aromatic N) is 4. The van der Waals surface area contributed by atoms with E-state index in [9.17, 15) is 4.79 Å². The van der Waals surface area contributed by atoms with E-state index in [0.29, 0.717) is 5.13 Å². The molecule has 1 saturated heterocycles. The van der Waals surface area contributed by atoms with Gasteiger partial charge in [-0.15, -0.1) is 0 Å². The summed E-state index contributed by atoms with van der Waals surface area (Å²) in [4.78, 5) is 19.4. The minimum absolute atomic E-state index is 0.0159. The van der Waals surface area contributed by atoms with E-state index >= 15 is 0 Å². The summed E-state index contributed by atoms with van der Waals surface area (Å²) in [7, 11) is 2.08. The van der Waals surface area contributed by atoms with Crippen molar-refractivity contribution in [2.75, 3.05) is 43.9 Å². The third-order valence-corrected chi connectivity index (χ3v) is 3.22. The zero-order valence-electron chi connectivity index (χ0n) is 8.51. The molecular formula is C8H13N5OS. The number of hydrogen-bond acceptors (Lipinski definition) is 7. The van der Waals surface area contributed by atoms with Crippen LogP contribution in [0.2, 0.25) is 0 Å². The molecule has 1 fully saturated rings. The first-order chi connectivity index (χ1) is 7.16. The molecule has 0 amide bonds. The van der Waals surface area contributed by atoms with Gasteiger partial charge in [-0.05, 0) is 7.05 Å². The van der Waals surface area contributed by atoms with Crippen LogP contribution in [0.25, 0.3) is 0 Å². The van der Waals surface area contributed by atoms with Crippen molar-refractivity contribution in [3.63, 3.8) is 0 Å². The fraction of sp³-hybridized carbons (Fsp3) is 0.625. The number of likely N-dealkylation sites (N-methyl/N-ethyl adjacent to an activating group) is 1. The molecule has 1 aromatic rings. The first kappa shape index (κ1) is 10.3. The summed E-state index contributed by atoms with van der Waals surface area (Å²) < 4.78 is 3.86. The van der Waals surface area contributed by atoms with E-state index in [1.807, 2.05) is 0 Å². The summed E-state index contributed by atoms with van der Waals surface area (Å²) in [5.41, 5.74) is 4.91. The maximum absolute atomic E-state index is 11.2. The van der Waals surface area contributed by atoms with Gasteiger partial charge in [-0.1, -0.05) is 0 Å². The molecule has 1 aromatic heterocycles. The molecule has 0 unspecified atom stereocenters. The lowest BCUT2D eigenvalue weighted by Crippen LogP contribution is -2.45. The summed E-state index contributed by atoms with van der Waals surface area (Å²) in [5.74, 6) is -0.0159. The fourth-order valence-corrected chi connectivity index (χ4v) is 2.10. The van der Waals surface area contributed by atoms with Gasteiger partial charge in [-0.2, -0.15) is 9.36 Å². The molecule has 0 aromatic carbocycles. The molecule has 1 aliphatic rings. The smallest absolute Gasteiger partial charge is 0.315 e. The van der Waals surface area contributed by atoms with Crippen LogP contribution >= 0.6 is 11.5 Å². The number of nitrogen functional groups attached to an aromatic ring is 1. The summed E-state index contributed by atoms with van der Waals surface area (Å²) in [6.07, 6.45) is 0. The highest BCUT2D eigenvalue weighted by atomic mass is 32.1. The Kier molecular flexibility index (Phi) is 2.83. The van der Waals surface area contributed by atoms with Crippen molar-refractivity contribution in [1.82, 2.24) is 14.3 Å². The van der Waals surface area contributed by atoms with Gasteiger partial charge >= 0.3 is 5.56 Å². The summed E-state index contributed by atoms with van der Waals surface area (Å²) in [6.45, 7) is 3.72. The van der Waals surface area contributed by atoms with Crippen LogP contribution in [-0.4, -0.2) is 47.5 Å². The van der Waals surface area contributed by atoms with Gasteiger partial charge in [0.05, 0.1) is 0 Å². The lowest BCUT2D eigenvalue weighted by atomic mass is 10.3. The van der Waals surface area contributed by atoms with Gasteiger partial charge in [0.1, 0.15) is 0 Å². The van der Waals surface area contributed by atoms with Gasteiger partial charge in [0.15, 0.2) is 0 Å². The lowest BCUT2D eigenvalue weighted by molar-refractivity contribution is 0.312. The third-order valence-electron chi connectivity index (χ3n) is 2.42. The van der Waals surface area contributed by atoms with Crippen molar-refractivity contribution in [2.24, 2.45) is 0 Å². The second-order valence-electron chi connectivity index (χ2n) is 3.56. The third kappa shape index (κ3) is 2.24. The molecule has 0 atom stereocenters. The minimum atomic E-state index is -0.428. The Balaban J connectivity index is 2.16. The summed E-state index contributed by atoms with van der Waals surface area (Å²) in [5, 5.41) is 0.669. The lowest BCUT2D eigenvalue weighted by Gasteiger charge is -2.32. The van der Waals surface area contributed by atoms with Crippen LogP contribution in [0.4, 0.5) is 10.9 Å². The van der Waals surface area contributed by atoms with Crippen LogP contribution in [0, 0.1) is 0 Å². The number of rotatable bonds is 1. The number of hydrogen-bond donors (Lipinski definition) is 1. The monoisotopic (exact) mass is 227 g/mol. The largest absolute Gasteiger partial charge is 0.378 e. The Morgan fingerprint density at radius 3 is 2.60 bits per heavy atom. The Morgan fingerprint density at radius 2 is 2.00 bits per heavy atom. The molecule has 0 bridgehead atoms. The molecule has 2 heterocycles. The Morgan fingerprint density at radius 1 is 1.33 bits per heavy atom. The van der Waals surface area contributed by atoms with E-state index in [1.165, 1.54) is 11.5 Å². The van der Waals surface area contributed by atoms with Crippen LogP contribution in [0.3, 0.4) is 0 Å². The molecule has 82 valence electrons. The topological polar surface area (TPSA) is 75.3 Å². The molecule has 2 N–H and O–H groups in total. The van der Waals surface area contributed by atoms with Gasteiger partial charge in [0.2, 0.25) is 10.9 Å². The van der Waals surface area contributed by atoms with E-state index in [0.717, 1.165) is 26.2 Å². The van der Waals surface area contributed by atoms with E-state index in [2.05, 4.69) is 26.2 Å². The molecule has 15 heavy (non-hydrogen) atoms. The van der Waals surface area contributed by atoms with Crippen LogP contribution in [0.15, 0.2) is 4.79 Å². The van der Waals surface area contributed by atoms with E-state index in [4.69, 9.17) is 5.73 Å². The van der Waals surface area contributed by atoms with Crippen molar-refractivity contribution < 1.29 is 0 Å². The van der Waals surface area contributed by atoms with Gasteiger partial charge < -0.3 is 15.5 Å². The van der Waals surface area contributed by atoms with Crippen molar-refractivity contribution in [1.29, 1.82) is 0 Å². The average molecular weight is 227 g/mol. The molecule has 6 nitrogen and oxygen atoms in total. The van der Waals surface area contributed by atoms with Crippen LogP contribution in [0.1, 0.15) is 0 Å². The van der Waals surface area contributed by atoms with Crippen molar-refractivity contribution >= 4 is 22.5 Å². The first-order valence-electron chi connectivity index (χ1n) is 4.74. The molecule has 2 rings (SSSR count). The van der Waals surface area contributed by atoms with Crippen molar-refractivity contribution in [3.8, 4) is 0 Å². The number of nitrogens with two attached hydrogens (primary N) is 1. The number of anilines is 2. The Bertz CT molecular complexity index is 398. The molecule has 1 aliphatic heterocycles. The zero-order chi connectivity index (χ0) is 10.8. The van der Waals surface area contributed by atoms with Crippen LogP contribution in [0.5, 0.6) is 0 Å². The van der Waals surface area contributed by atoms with Gasteiger partial charge in [0, 0.05) is 37.7 Å². The van der Waals surface area contributed by atoms with Gasteiger partial charge in [-0.25, -0.2) is 0 Å².